The zero-order chi connectivity index (χ0) is 21.3. The van der Waals surface area contributed by atoms with Crippen LogP contribution in [0.3, 0.4) is 0 Å². The van der Waals surface area contributed by atoms with Crippen LogP contribution in [0.25, 0.3) is 0 Å². The number of ether oxygens (including phenoxy) is 1. The lowest BCUT2D eigenvalue weighted by Gasteiger charge is -2.11. The first-order chi connectivity index (χ1) is 14.5. The first-order valence-corrected chi connectivity index (χ1v) is 12.2. The highest BCUT2D eigenvalue weighted by Crippen LogP contribution is 2.29. The van der Waals surface area contributed by atoms with Gasteiger partial charge in [0, 0.05) is 9.26 Å². The Bertz CT molecular complexity index is 1000. The van der Waals surface area contributed by atoms with Crippen LogP contribution in [-0.2, 0) is 11.4 Å². The molecule has 0 saturated carbocycles. The summed E-state index contributed by atoms with van der Waals surface area (Å²) in [5.41, 5.74) is 5.45. The number of hydrazone groups is 1. The molecule has 0 heterocycles. The lowest BCUT2D eigenvalue weighted by molar-refractivity contribution is -0.119. The summed E-state index contributed by atoms with van der Waals surface area (Å²) >= 11 is 6.74. The predicted molar refractivity (Wildman–Crippen MR) is 146 cm³/mol. The van der Waals surface area contributed by atoms with E-state index in [1.807, 2.05) is 66.7 Å². The van der Waals surface area contributed by atoms with Crippen LogP contribution in [0.4, 0.5) is 5.69 Å². The van der Waals surface area contributed by atoms with Gasteiger partial charge in [-0.05, 0) is 115 Å². The molecule has 0 aliphatic heterocycles. The first-order valence-electron chi connectivity index (χ1n) is 8.98. The van der Waals surface area contributed by atoms with Crippen LogP contribution in [0.5, 0.6) is 5.75 Å². The minimum atomic E-state index is -0.211. The SMILES string of the molecule is O=C(CNc1ccc(I)cc1)N/N=C/c1cc(I)c(OCc2ccccc2)c(I)c1. The van der Waals surface area contributed by atoms with Gasteiger partial charge in [-0.3, -0.25) is 4.79 Å². The van der Waals surface area contributed by atoms with Crippen molar-refractivity contribution in [2.24, 2.45) is 5.10 Å². The van der Waals surface area contributed by atoms with E-state index in [0.29, 0.717) is 6.61 Å². The normalized spacial score (nSPS) is 10.8. The Kier molecular flexibility index (Phi) is 9.18. The summed E-state index contributed by atoms with van der Waals surface area (Å²) in [4.78, 5) is 12.0. The number of nitrogens with zero attached hydrogens (tertiary/aromatic N) is 1. The fourth-order valence-corrected chi connectivity index (χ4v) is 4.98. The number of amides is 1. The third-order valence-electron chi connectivity index (χ3n) is 3.95. The average Bonchev–Trinajstić information content (AvgIpc) is 2.73. The summed E-state index contributed by atoms with van der Waals surface area (Å²) in [5.74, 6) is 0.639. The maximum atomic E-state index is 12.0. The Hall–Kier alpha value is -1.41. The molecule has 3 aromatic rings. The number of rotatable bonds is 8. The molecule has 2 N–H and O–H groups in total. The third-order valence-corrected chi connectivity index (χ3v) is 6.27. The van der Waals surface area contributed by atoms with Crippen LogP contribution in [0, 0.1) is 10.7 Å². The minimum Gasteiger partial charge on any atom is -0.487 e. The molecule has 3 aromatic carbocycles. The molecule has 0 spiro atoms. The van der Waals surface area contributed by atoms with Crippen LogP contribution in [0.2, 0.25) is 0 Å². The Morgan fingerprint density at radius 1 is 0.967 bits per heavy atom. The molecule has 154 valence electrons. The molecule has 0 aliphatic rings. The summed E-state index contributed by atoms with van der Waals surface area (Å²) in [7, 11) is 0. The van der Waals surface area contributed by atoms with Gasteiger partial charge in [0.1, 0.15) is 12.4 Å². The van der Waals surface area contributed by atoms with Gasteiger partial charge in [-0.1, -0.05) is 30.3 Å². The number of carbonyl (C=O) groups is 1. The van der Waals surface area contributed by atoms with Gasteiger partial charge in [-0.15, -0.1) is 0 Å². The second kappa shape index (κ2) is 11.8. The number of hydrogen-bond acceptors (Lipinski definition) is 4. The van der Waals surface area contributed by atoms with Crippen LogP contribution in [-0.4, -0.2) is 18.7 Å². The third kappa shape index (κ3) is 7.38. The summed E-state index contributed by atoms with van der Waals surface area (Å²) < 4.78 is 9.12. The molecule has 0 aliphatic carbocycles. The Morgan fingerprint density at radius 2 is 1.63 bits per heavy atom. The van der Waals surface area contributed by atoms with Crippen LogP contribution in [0.1, 0.15) is 11.1 Å². The quantitative estimate of drug-likeness (QED) is 0.179. The fraction of sp³-hybridized carbons (Fsp3) is 0.0909. The smallest absolute Gasteiger partial charge is 0.259 e. The van der Waals surface area contributed by atoms with Gasteiger partial charge in [-0.2, -0.15) is 5.10 Å². The molecule has 1 amide bonds. The number of carbonyl (C=O) groups excluding carboxylic acids is 1. The van der Waals surface area contributed by atoms with Gasteiger partial charge >= 0.3 is 0 Å². The highest BCUT2D eigenvalue weighted by molar-refractivity contribution is 14.1. The van der Waals surface area contributed by atoms with Crippen molar-refractivity contribution >= 4 is 85.6 Å². The van der Waals surface area contributed by atoms with E-state index < -0.39 is 0 Å². The van der Waals surface area contributed by atoms with Crippen molar-refractivity contribution in [3.8, 4) is 5.75 Å². The number of benzene rings is 3. The van der Waals surface area contributed by atoms with Gasteiger partial charge in [-0.25, -0.2) is 5.43 Å². The molecule has 8 heteroatoms. The van der Waals surface area contributed by atoms with Crippen LogP contribution < -0.4 is 15.5 Å². The second-order valence-corrected chi connectivity index (χ2v) is 9.81. The van der Waals surface area contributed by atoms with Crippen molar-refractivity contribution in [1.82, 2.24) is 5.43 Å². The van der Waals surface area contributed by atoms with Gasteiger partial charge in [0.05, 0.1) is 19.9 Å². The summed E-state index contributed by atoms with van der Waals surface area (Å²) in [6, 6.07) is 21.8. The molecule has 0 fully saturated rings. The van der Waals surface area contributed by atoms with E-state index in [0.717, 1.165) is 33.3 Å². The van der Waals surface area contributed by atoms with Crippen molar-refractivity contribution in [3.63, 3.8) is 0 Å². The van der Waals surface area contributed by atoms with E-state index in [9.17, 15) is 4.79 Å². The summed E-state index contributed by atoms with van der Waals surface area (Å²) in [5, 5.41) is 7.13. The molecule has 0 radical (unpaired) electrons. The van der Waals surface area contributed by atoms with E-state index in [-0.39, 0.29) is 12.5 Å². The molecule has 30 heavy (non-hydrogen) atoms. The topological polar surface area (TPSA) is 62.7 Å². The lowest BCUT2D eigenvalue weighted by Crippen LogP contribution is -2.25. The van der Waals surface area contributed by atoms with E-state index in [1.54, 1.807) is 6.21 Å². The molecule has 0 atom stereocenters. The van der Waals surface area contributed by atoms with Gasteiger partial charge in [0.25, 0.3) is 5.91 Å². The first kappa shape index (κ1) is 23.3. The maximum absolute atomic E-state index is 12.0. The highest BCUT2D eigenvalue weighted by Gasteiger charge is 2.09. The lowest BCUT2D eigenvalue weighted by atomic mass is 10.2. The van der Waals surface area contributed by atoms with Crippen molar-refractivity contribution in [2.75, 3.05) is 11.9 Å². The molecular weight excluding hydrogens is 719 g/mol. The number of halogens is 3. The van der Waals surface area contributed by atoms with Gasteiger partial charge in [0.2, 0.25) is 0 Å². The fourth-order valence-electron chi connectivity index (χ4n) is 2.49. The average molecular weight is 737 g/mol. The zero-order valence-corrected chi connectivity index (χ0v) is 22.2. The number of nitrogens with one attached hydrogen (secondary N) is 2. The van der Waals surface area contributed by atoms with Crippen molar-refractivity contribution < 1.29 is 9.53 Å². The molecule has 0 saturated heterocycles. The number of anilines is 1. The second-order valence-electron chi connectivity index (χ2n) is 6.24. The highest BCUT2D eigenvalue weighted by atomic mass is 127. The Morgan fingerprint density at radius 3 is 2.30 bits per heavy atom. The molecular formula is C22H18I3N3O2. The van der Waals surface area contributed by atoms with Gasteiger partial charge in [0.15, 0.2) is 0 Å². The molecule has 0 aromatic heterocycles. The largest absolute Gasteiger partial charge is 0.487 e. The van der Waals surface area contributed by atoms with Crippen LogP contribution in [0.15, 0.2) is 71.8 Å². The molecule has 0 bridgehead atoms. The van der Waals surface area contributed by atoms with E-state index >= 15 is 0 Å². The van der Waals surface area contributed by atoms with E-state index in [2.05, 4.69) is 83.6 Å². The number of hydrogen-bond donors (Lipinski definition) is 2. The van der Waals surface area contributed by atoms with E-state index in [1.165, 1.54) is 0 Å². The molecule has 3 rings (SSSR count). The zero-order valence-electron chi connectivity index (χ0n) is 15.7. The van der Waals surface area contributed by atoms with Crippen LogP contribution >= 0.6 is 67.8 Å². The predicted octanol–water partition coefficient (Wildman–Crippen LogP) is 5.64. The van der Waals surface area contributed by atoms with Crippen molar-refractivity contribution in [1.29, 1.82) is 0 Å². The summed E-state index contributed by atoms with van der Waals surface area (Å²) in [6.07, 6.45) is 1.63. The monoisotopic (exact) mass is 737 g/mol. The van der Waals surface area contributed by atoms with Gasteiger partial charge < -0.3 is 10.1 Å². The standard InChI is InChI=1S/C22H18I3N3O2/c23-17-6-8-18(9-7-17)26-13-21(29)28-27-12-16-10-19(24)22(20(25)11-16)30-14-15-4-2-1-3-5-15/h1-12,26H,13-14H2,(H,28,29)/b27-12+. The maximum Gasteiger partial charge on any atom is 0.259 e. The summed E-state index contributed by atoms with van der Waals surface area (Å²) in [6.45, 7) is 0.670. The molecule has 0 unspecified atom stereocenters. The minimum absolute atomic E-state index is 0.152. The van der Waals surface area contributed by atoms with E-state index in [4.69, 9.17) is 4.74 Å². The van der Waals surface area contributed by atoms with Crippen molar-refractivity contribution in [3.05, 3.63) is 88.6 Å². The molecule has 5 nitrogen and oxygen atoms in total. The Balaban J connectivity index is 1.52. The Labute approximate surface area is 216 Å². The van der Waals surface area contributed by atoms with Crippen molar-refractivity contribution in [2.45, 2.75) is 6.61 Å².